The van der Waals surface area contributed by atoms with Gasteiger partial charge in [-0.1, -0.05) is 6.07 Å². The maximum absolute atomic E-state index is 12.8. The molecular formula is C12H13F3N2O3. The molecule has 0 bridgehead atoms. The third-order valence-electron chi connectivity index (χ3n) is 2.49. The summed E-state index contributed by atoms with van der Waals surface area (Å²) >= 11 is 0. The highest BCUT2D eigenvalue weighted by Gasteiger charge is 2.22. The van der Waals surface area contributed by atoms with E-state index in [1.165, 1.54) is 6.07 Å². The zero-order chi connectivity index (χ0) is 15.3. The maximum atomic E-state index is 12.8. The van der Waals surface area contributed by atoms with E-state index in [1.807, 2.05) is 5.32 Å². The molecule has 20 heavy (non-hydrogen) atoms. The van der Waals surface area contributed by atoms with Gasteiger partial charge in [-0.05, 0) is 11.1 Å². The molecule has 0 fully saturated rings. The van der Waals surface area contributed by atoms with Crippen LogP contribution >= 0.6 is 0 Å². The summed E-state index contributed by atoms with van der Waals surface area (Å²) in [4.78, 5) is 21.3. The van der Waals surface area contributed by atoms with Crippen molar-refractivity contribution < 1.29 is 22.9 Å². The van der Waals surface area contributed by atoms with Gasteiger partial charge in [0.25, 0.3) is 11.6 Å². The summed E-state index contributed by atoms with van der Waals surface area (Å²) in [5.41, 5.74) is -0.0606. The second kappa shape index (κ2) is 6.36. The molecule has 0 heterocycles. The molecule has 110 valence electrons. The average molecular weight is 290 g/mol. The summed E-state index contributed by atoms with van der Waals surface area (Å²) in [5.74, 6) is -3.73. The van der Waals surface area contributed by atoms with Crippen molar-refractivity contribution >= 4 is 11.6 Å². The quantitative estimate of drug-likeness (QED) is 0.645. The Hall–Kier alpha value is -2.12. The number of carbonyl (C=O) groups excluding carboxylic acids is 1. The molecule has 5 nitrogen and oxygen atoms in total. The molecule has 1 rings (SSSR count). The van der Waals surface area contributed by atoms with E-state index in [-0.39, 0.29) is 23.2 Å². The van der Waals surface area contributed by atoms with E-state index in [0.29, 0.717) is 6.92 Å². The van der Waals surface area contributed by atoms with E-state index in [0.717, 1.165) is 12.1 Å². The Kier molecular flexibility index (Phi) is 5.06. The topological polar surface area (TPSA) is 72.2 Å². The van der Waals surface area contributed by atoms with Crippen LogP contribution in [0.25, 0.3) is 0 Å². The smallest absolute Gasteiger partial charge is 0.269 e. The van der Waals surface area contributed by atoms with Gasteiger partial charge in [-0.25, -0.2) is 13.2 Å². The first-order valence-electron chi connectivity index (χ1n) is 5.69. The summed E-state index contributed by atoms with van der Waals surface area (Å²) in [7, 11) is 0. The van der Waals surface area contributed by atoms with Gasteiger partial charge in [0.1, 0.15) is 6.67 Å². The van der Waals surface area contributed by atoms with Crippen LogP contribution in [0.5, 0.6) is 0 Å². The number of alkyl halides is 3. The van der Waals surface area contributed by atoms with Crippen LogP contribution in [-0.2, 0) is 17.9 Å². The number of non-ortho nitro benzene ring substituents is 1. The molecule has 0 saturated carbocycles. The molecule has 1 amide bonds. The summed E-state index contributed by atoms with van der Waals surface area (Å²) in [6.45, 7) is -1.13. The minimum atomic E-state index is -3.03. The Morgan fingerprint density at radius 2 is 2.05 bits per heavy atom. The SMILES string of the molecule is CC(F)(F)CNC(=O)Cc1ccc([N+](=O)[O-])cc1CF. The van der Waals surface area contributed by atoms with Crippen molar-refractivity contribution in [3.05, 3.63) is 39.4 Å². The fraction of sp³-hybridized carbons (Fsp3) is 0.417. The van der Waals surface area contributed by atoms with Crippen molar-refractivity contribution in [2.45, 2.75) is 25.9 Å². The van der Waals surface area contributed by atoms with Crippen molar-refractivity contribution in [2.24, 2.45) is 0 Å². The lowest BCUT2D eigenvalue weighted by molar-refractivity contribution is -0.384. The Balaban J connectivity index is 2.77. The monoisotopic (exact) mass is 290 g/mol. The van der Waals surface area contributed by atoms with E-state index in [2.05, 4.69) is 0 Å². The van der Waals surface area contributed by atoms with Gasteiger partial charge in [0.2, 0.25) is 5.91 Å². The molecule has 1 N–H and O–H groups in total. The van der Waals surface area contributed by atoms with Gasteiger partial charge in [0.05, 0.1) is 17.9 Å². The molecule has 0 saturated heterocycles. The number of hydrogen-bond acceptors (Lipinski definition) is 3. The fourth-order valence-corrected chi connectivity index (χ4v) is 1.51. The second-order valence-electron chi connectivity index (χ2n) is 4.37. The van der Waals surface area contributed by atoms with Crippen molar-refractivity contribution in [3.8, 4) is 0 Å². The summed E-state index contributed by atoms with van der Waals surface area (Å²) in [5, 5.41) is 12.6. The van der Waals surface area contributed by atoms with Gasteiger partial charge >= 0.3 is 0 Å². The van der Waals surface area contributed by atoms with E-state index in [4.69, 9.17) is 0 Å². The molecule has 0 radical (unpaired) electrons. The zero-order valence-corrected chi connectivity index (χ0v) is 10.7. The normalized spacial score (nSPS) is 11.2. The van der Waals surface area contributed by atoms with Crippen LogP contribution in [-0.4, -0.2) is 23.3 Å². The molecule has 0 aliphatic heterocycles. The van der Waals surface area contributed by atoms with Crippen LogP contribution in [0.15, 0.2) is 18.2 Å². The van der Waals surface area contributed by atoms with Crippen LogP contribution in [0.4, 0.5) is 18.9 Å². The van der Waals surface area contributed by atoms with Gasteiger partial charge in [-0.2, -0.15) is 0 Å². The molecule has 0 aliphatic carbocycles. The fourth-order valence-electron chi connectivity index (χ4n) is 1.51. The van der Waals surface area contributed by atoms with Crippen LogP contribution in [0.1, 0.15) is 18.1 Å². The Bertz CT molecular complexity index is 515. The standard InChI is InChI=1S/C12H13F3N2O3/c1-12(14,15)7-16-11(18)5-8-2-3-10(17(19)20)4-9(8)6-13/h2-4H,5-7H2,1H3,(H,16,18). The average Bonchev–Trinajstić information content (AvgIpc) is 2.35. The number of nitro groups is 1. The number of rotatable bonds is 6. The molecule has 8 heteroatoms. The third-order valence-corrected chi connectivity index (χ3v) is 2.49. The molecule has 0 aliphatic rings. The van der Waals surface area contributed by atoms with Crippen molar-refractivity contribution in [1.82, 2.24) is 5.32 Å². The van der Waals surface area contributed by atoms with Crippen LogP contribution in [0.2, 0.25) is 0 Å². The lowest BCUT2D eigenvalue weighted by atomic mass is 10.0. The first kappa shape index (κ1) is 15.9. The number of carbonyl (C=O) groups is 1. The summed E-state index contributed by atoms with van der Waals surface area (Å²) < 4.78 is 37.9. The highest BCUT2D eigenvalue weighted by molar-refractivity contribution is 5.79. The molecule has 1 aromatic carbocycles. The lowest BCUT2D eigenvalue weighted by Gasteiger charge is -2.12. The van der Waals surface area contributed by atoms with Gasteiger partial charge in [-0.3, -0.25) is 14.9 Å². The minimum Gasteiger partial charge on any atom is -0.350 e. The number of amides is 1. The van der Waals surface area contributed by atoms with Gasteiger partial charge in [-0.15, -0.1) is 0 Å². The van der Waals surface area contributed by atoms with E-state index in [1.54, 1.807) is 0 Å². The minimum absolute atomic E-state index is 0.00221. The van der Waals surface area contributed by atoms with Crippen LogP contribution in [0, 0.1) is 10.1 Å². The molecule has 0 unspecified atom stereocenters. The van der Waals surface area contributed by atoms with Gasteiger partial charge in [0.15, 0.2) is 0 Å². The third kappa shape index (κ3) is 4.87. The maximum Gasteiger partial charge on any atom is 0.269 e. The lowest BCUT2D eigenvalue weighted by Crippen LogP contribution is -2.35. The van der Waals surface area contributed by atoms with Gasteiger partial charge < -0.3 is 5.32 Å². The number of halogens is 3. The summed E-state index contributed by atoms with van der Waals surface area (Å²) in [6.07, 6.45) is -0.312. The predicted molar refractivity (Wildman–Crippen MR) is 65.2 cm³/mol. The predicted octanol–water partition coefficient (Wildman–Crippen LogP) is 2.38. The number of hydrogen-bond donors (Lipinski definition) is 1. The van der Waals surface area contributed by atoms with Crippen LogP contribution < -0.4 is 5.32 Å². The molecule has 0 spiro atoms. The molecule has 0 aromatic heterocycles. The highest BCUT2D eigenvalue weighted by Crippen LogP contribution is 2.19. The Morgan fingerprint density at radius 1 is 1.40 bits per heavy atom. The molecular weight excluding hydrogens is 277 g/mol. The van der Waals surface area contributed by atoms with Crippen molar-refractivity contribution in [2.75, 3.05) is 6.54 Å². The number of nitrogens with one attached hydrogen (secondary N) is 1. The van der Waals surface area contributed by atoms with Crippen molar-refractivity contribution in [3.63, 3.8) is 0 Å². The molecule has 0 atom stereocenters. The van der Waals surface area contributed by atoms with Crippen LogP contribution in [0.3, 0.4) is 0 Å². The Labute approximate surface area is 112 Å². The van der Waals surface area contributed by atoms with Crippen molar-refractivity contribution in [1.29, 1.82) is 0 Å². The first-order chi connectivity index (χ1) is 9.23. The number of benzene rings is 1. The first-order valence-corrected chi connectivity index (χ1v) is 5.69. The number of nitro benzene ring substituents is 1. The largest absolute Gasteiger partial charge is 0.350 e. The van der Waals surface area contributed by atoms with E-state index >= 15 is 0 Å². The van der Waals surface area contributed by atoms with Gasteiger partial charge in [0, 0.05) is 19.1 Å². The van der Waals surface area contributed by atoms with E-state index in [9.17, 15) is 28.1 Å². The molecule has 1 aromatic rings. The second-order valence-corrected chi connectivity index (χ2v) is 4.37. The number of nitrogens with zero attached hydrogens (tertiary/aromatic N) is 1. The zero-order valence-electron chi connectivity index (χ0n) is 10.7. The highest BCUT2D eigenvalue weighted by atomic mass is 19.3. The summed E-state index contributed by atoms with van der Waals surface area (Å²) in [6, 6.07) is 3.41. The Morgan fingerprint density at radius 3 is 2.55 bits per heavy atom. The van der Waals surface area contributed by atoms with E-state index < -0.39 is 30.0 Å².